The summed E-state index contributed by atoms with van der Waals surface area (Å²) in [5.41, 5.74) is 8.02. The highest BCUT2D eigenvalue weighted by Gasteiger charge is 2.27. The molecule has 34 heavy (non-hydrogen) atoms. The highest BCUT2D eigenvalue weighted by molar-refractivity contribution is 6.01. The van der Waals surface area contributed by atoms with Gasteiger partial charge in [0.15, 0.2) is 0 Å². The van der Waals surface area contributed by atoms with Crippen molar-refractivity contribution >= 4 is 28.0 Å². The third-order valence-electron chi connectivity index (χ3n) is 6.39. The van der Waals surface area contributed by atoms with Crippen LogP contribution in [0, 0.1) is 17.2 Å². The lowest BCUT2D eigenvalue weighted by Crippen LogP contribution is -2.30. The number of fused-ring (bicyclic) bond motifs is 3. The molecule has 0 aromatic carbocycles. The van der Waals surface area contributed by atoms with Crippen LogP contribution in [0.5, 0.6) is 0 Å². The third kappa shape index (κ3) is 5.73. The number of aromatic nitrogens is 4. The molecular weight excluding hydrogens is 434 g/mol. The van der Waals surface area contributed by atoms with Crippen LogP contribution < -0.4 is 11.1 Å². The molecule has 3 heterocycles. The molecule has 1 aliphatic carbocycles. The number of nitrogens with two attached hydrogens (primary N) is 1. The van der Waals surface area contributed by atoms with E-state index < -0.39 is 0 Å². The average molecular weight is 468 g/mol. The van der Waals surface area contributed by atoms with E-state index in [1.165, 1.54) is 0 Å². The number of nitriles is 1. The maximum atomic E-state index is 12.7. The molecule has 4 rings (SSSR count). The van der Waals surface area contributed by atoms with Gasteiger partial charge in [-0.3, -0.25) is 4.79 Å². The van der Waals surface area contributed by atoms with E-state index in [0.29, 0.717) is 51.9 Å². The Labute approximate surface area is 198 Å². The first kappa shape index (κ1) is 24.1. The maximum Gasteiger partial charge on any atom is 0.227 e. The van der Waals surface area contributed by atoms with Crippen LogP contribution in [0.3, 0.4) is 0 Å². The smallest absolute Gasteiger partial charge is 0.227 e. The Kier molecular flexibility index (Phi) is 8.46. The van der Waals surface area contributed by atoms with Crippen LogP contribution in [-0.4, -0.2) is 64.9 Å². The van der Waals surface area contributed by atoms with Crippen molar-refractivity contribution < 1.29 is 14.3 Å². The predicted octanol–water partition coefficient (Wildman–Crippen LogP) is 2.21. The number of amides is 1. The number of hydrogen-bond donors (Lipinski definition) is 3. The van der Waals surface area contributed by atoms with Crippen molar-refractivity contribution in [2.45, 2.75) is 44.6 Å². The molecule has 0 saturated heterocycles. The van der Waals surface area contributed by atoms with Gasteiger partial charge in [-0.25, -0.2) is 9.97 Å². The van der Waals surface area contributed by atoms with E-state index in [-0.39, 0.29) is 18.4 Å². The molecular formula is C24H33N7O3. The van der Waals surface area contributed by atoms with Crippen LogP contribution in [0.1, 0.15) is 44.0 Å². The number of H-pyrrole nitrogens is 1. The summed E-state index contributed by atoms with van der Waals surface area (Å²) in [7, 11) is 0. The SMILES string of the molecule is N#CCC1CCC(n2c(CC(=O)NCCOCCOCCN)nc3cnc4[nH]ccc4c32)CC1. The molecule has 1 saturated carbocycles. The largest absolute Gasteiger partial charge is 0.378 e. The molecule has 182 valence electrons. The van der Waals surface area contributed by atoms with Crippen molar-refractivity contribution in [3.63, 3.8) is 0 Å². The summed E-state index contributed by atoms with van der Waals surface area (Å²) in [5.74, 6) is 1.12. The summed E-state index contributed by atoms with van der Waals surface area (Å²) in [6.07, 6.45) is 8.42. The van der Waals surface area contributed by atoms with Gasteiger partial charge < -0.3 is 30.1 Å². The Balaban J connectivity index is 1.44. The minimum atomic E-state index is -0.0871. The second-order valence-corrected chi connectivity index (χ2v) is 8.71. The number of hydrogen-bond acceptors (Lipinski definition) is 7. The third-order valence-corrected chi connectivity index (χ3v) is 6.39. The number of carbonyl (C=O) groups excluding carboxylic acids is 1. The van der Waals surface area contributed by atoms with Gasteiger partial charge in [0.25, 0.3) is 0 Å². The first-order valence-corrected chi connectivity index (χ1v) is 12.0. The lowest BCUT2D eigenvalue weighted by atomic mass is 9.84. The monoisotopic (exact) mass is 467 g/mol. The van der Waals surface area contributed by atoms with Crippen LogP contribution in [0.15, 0.2) is 18.5 Å². The molecule has 0 spiro atoms. The van der Waals surface area contributed by atoms with Gasteiger partial charge in [0.05, 0.1) is 50.6 Å². The van der Waals surface area contributed by atoms with Crippen LogP contribution in [-0.2, 0) is 20.7 Å². The number of imidazole rings is 1. The molecule has 3 aromatic heterocycles. The quantitative estimate of drug-likeness (QED) is 0.346. The minimum absolute atomic E-state index is 0.0871. The fraction of sp³-hybridized carbons (Fsp3) is 0.583. The second kappa shape index (κ2) is 11.9. The average Bonchev–Trinajstić information content (AvgIpc) is 3.45. The van der Waals surface area contributed by atoms with Gasteiger partial charge in [-0.15, -0.1) is 0 Å². The summed E-state index contributed by atoms with van der Waals surface area (Å²) in [4.78, 5) is 25.2. The van der Waals surface area contributed by atoms with Crippen molar-refractivity contribution in [2.24, 2.45) is 11.7 Å². The van der Waals surface area contributed by atoms with E-state index in [1.54, 1.807) is 6.20 Å². The minimum Gasteiger partial charge on any atom is -0.378 e. The first-order valence-electron chi connectivity index (χ1n) is 12.0. The Bertz CT molecular complexity index is 1120. The van der Waals surface area contributed by atoms with E-state index in [2.05, 4.69) is 25.9 Å². The molecule has 0 unspecified atom stereocenters. The lowest BCUT2D eigenvalue weighted by molar-refractivity contribution is -0.120. The summed E-state index contributed by atoms with van der Waals surface area (Å²) in [6, 6.07) is 4.58. The Morgan fingerprint density at radius 1 is 1.24 bits per heavy atom. The Morgan fingerprint density at radius 2 is 2.03 bits per heavy atom. The van der Waals surface area contributed by atoms with E-state index in [1.807, 2.05) is 12.3 Å². The zero-order chi connectivity index (χ0) is 23.8. The Hall–Kier alpha value is -3.00. The van der Waals surface area contributed by atoms with Gasteiger partial charge in [-0.2, -0.15) is 5.26 Å². The van der Waals surface area contributed by atoms with E-state index in [4.69, 9.17) is 25.5 Å². The van der Waals surface area contributed by atoms with Crippen LogP contribution >= 0.6 is 0 Å². The molecule has 4 N–H and O–H groups in total. The molecule has 10 nitrogen and oxygen atoms in total. The first-order chi connectivity index (χ1) is 16.7. The van der Waals surface area contributed by atoms with Gasteiger partial charge in [-0.05, 0) is 37.7 Å². The van der Waals surface area contributed by atoms with Gasteiger partial charge in [0.2, 0.25) is 5.91 Å². The second-order valence-electron chi connectivity index (χ2n) is 8.71. The summed E-state index contributed by atoms with van der Waals surface area (Å²) in [5, 5.41) is 13.0. The fourth-order valence-corrected chi connectivity index (χ4v) is 4.77. The van der Waals surface area contributed by atoms with E-state index in [0.717, 1.165) is 53.6 Å². The number of carbonyl (C=O) groups is 1. The number of nitrogens with zero attached hydrogens (tertiary/aromatic N) is 4. The molecule has 0 atom stereocenters. The van der Waals surface area contributed by atoms with Crippen molar-refractivity contribution in [3.8, 4) is 6.07 Å². The van der Waals surface area contributed by atoms with Gasteiger partial charge in [0, 0.05) is 37.1 Å². The lowest BCUT2D eigenvalue weighted by Gasteiger charge is -2.30. The van der Waals surface area contributed by atoms with Crippen LogP contribution in [0.4, 0.5) is 0 Å². The molecule has 0 aliphatic heterocycles. The Morgan fingerprint density at radius 3 is 2.79 bits per heavy atom. The number of pyridine rings is 1. The normalized spacial score (nSPS) is 18.4. The van der Waals surface area contributed by atoms with E-state index >= 15 is 0 Å². The molecule has 0 radical (unpaired) electrons. The van der Waals surface area contributed by atoms with Crippen molar-refractivity contribution in [1.82, 2.24) is 24.8 Å². The van der Waals surface area contributed by atoms with Crippen LogP contribution in [0.2, 0.25) is 0 Å². The standard InChI is InChI=1S/C24H33N7O3/c25-7-5-17-1-3-18(4-2-17)31-21(15-22(32)27-10-12-34-14-13-33-11-8-26)30-20-16-29-24-19(23(20)31)6-9-28-24/h6,9,16-18H,1-5,8,10-15,26H2,(H,27,32)(H,28,29). The topological polar surface area (TPSA) is 144 Å². The van der Waals surface area contributed by atoms with Crippen molar-refractivity contribution in [1.29, 1.82) is 5.26 Å². The number of aromatic amines is 1. The molecule has 0 bridgehead atoms. The maximum absolute atomic E-state index is 12.7. The summed E-state index contributed by atoms with van der Waals surface area (Å²) < 4.78 is 13.0. The fourth-order valence-electron chi connectivity index (χ4n) is 4.77. The number of ether oxygens (including phenoxy) is 2. The van der Waals surface area contributed by atoms with Gasteiger partial charge in [0.1, 0.15) is 17.0 Å². The molecule has 3 aromatic rings. The number of nitrogens with one attached hydrogen (secondary N) is 2. The number of rotatable bonds is 12. The van der Waals surface area contributed by atoms with Gasteiger partial charge >= 0.3 is 0 Å². The zero-order valence-corrected chi connectivity index (χ0v) is 19.5. The highest BCUT2D eigenvalue weighted by Crippen LogP contribution is 2.37. The molecule has 1 aliphatic rings. The summed E-state index contributed by atoms with van der Waals surface area (Å²) >= 11 is 0. The van der Waals surface area contributed by atoms with Crippen LogP contribution in [0.25, 0.3) is 22.1 Å². The molecule has 10 heteroatoms. The van der Waals surface area contributed by atoms with Crippen molar-refractivity contribution in [2.75, 3.05) is 39.5 Å². The molecule has 1 fully saturated rings. The van der Waals surface area contributed by atoms with Gasteiger partial charge in [-0.1, -0.05) is 0 Å². The predicted molar refractivity (Wildman–Crippen MR) is 128 cm³/mol. The van der Waals surface area contributed by atoms with Crippen molar-refractivity contribution in [3.05, 3.63) is 24.3 Å². The summed E-state index contributed by atoms with van der Waals surface area (Å²) in [6.45, 7) is 2.83. The highest BCUT2D eigenvalue weighted by atomic mass is 16.5. The molecule has 1 amide bonds. The zero-order valence-electron chi connectivity index (χ0n) is 19.5. The van der Waals surface area contributed by atoms with E-state index in [9.17, 15) is 4.79 Å².